The Kier molecular flexibility index (Phi) is 4.30. The van der Waals surface area contributed by atoms with E-state index >= 15 is 0 Å². The maximum Gasteiger partial charge on any atom is 0.228 e. The summed E-state index contributed by atoms with van der Waals surface area (Å²) in [6.07, 6.45) is 2.53. The van der Waals surface area contributed by atoms with Crippen LogP contribution in [0.2, 0.25) is 0 Å². The van der Waals surface area contributed by atoms with Crippen LogP contribution in [0.1, 0.15) is 30.8 Å². The normalized spacial score (nSPS) is 10.3. The molecule has 5 nitrogen and oxygen atoms in total. The van der Waals surface area contributed by atoms with Gasteiger partial charge < -0.3 is 0 Å². The molecule has 1 aromatic carbocycles. The average molecular weight is 270 g/mol. The zero-order valence-electron chi connectivity index (χ0n) is 11.8. The van der Waals surface area contributed by atoms with Crippen LogP contribution in [0, 0.1) is 0 Å². The number of hydrogen-bond acceptors (Lipinski definition) is 3. The van der Waals surface area contributed by atoms with E-state index in [4.69, 9.17) is 0 Å². The number of nitrogens with zero attached hydrogens (tertiary/aromatic N) is 3. The standard InChI is InChI=1S/C15H18N4O/c1-4-12-6-8-13(9-7-12)10-19-15(16-11(3)20)17-14(5-2)18-19/h4,6-9H,1,5,10H2,2-3H3,(H,16,17,18,20). The summed E-state index contributed by atoms with van der Waals surface area (Å²) in [7, 11) is 0. The molecule has 0 saturated carbocycles. The van der Waals surface area contributed by atoms with Gasteiger partial charge in [0.15, 0.2) is 5.82 Å². The van der Waals surface area contributed by atoms with E-state index in [2.05, 4.69) is 22.0 Å². The largest absolute Gasteiger partial charge is 0.295 e. The number of aryl methyl sites for hydroxylation is 1. The fourth-order valence-electron chi connectivity index (χ4n) is 1.83. The van der Waals surface area contributed by atoms with Crippen molar-refractivity contribution < 1.29 is 4.79 Å². The lowest BCUT2D eigenvalue weighted by Gasteiger charge is -2.06. The summed E-state index contributed by atoms with van der Waals surface area (Å²) in [5.74, 6) is 1.06. The molecular weight excluding hydrogens is 252 g/mol. The van der Waals surface area contributed by atoms with Crippen molar-refractivity contribution in [3.8, 4) is 0 Å². The first kappa shape index (κ1) is 14.0. The fraction of sp³-hybridized carbons (Fsp3) is 0.267. The molecule has 1 heterocycles. The average Bonchev–Trinajstić information content (AvgIpc) is 2.81. The van der Waals surface area contributed by atoms with Crippen LogP contribution in [0.4, 0.5) is 5.95 Å². The molecule has 1 amide bonds. The molecular formula is C15H18N4O. The molecule has 0 fully saturated rings. The monoisotopic (exact) mass is 270 g/mol. The van der Waals surface area contributed by atoms with Crippen LogP contribution in [-0.2, 0) is 17.8 Å². The second-order valence-electron chi connectivity index (χ2n) is 4.49. The third kappa shape index (κ3) is 3.32. The summed E-state index contributed by atoms with van der Waals surface area (Å²) in [5, 5.41) is 7.10. The van der Waals surface area contributed by atoms with Gasteiger partial charge in [0, 0.05) is 13.3 Å². The van der Waals surface area contributed by atoms with Gasteiger partial charge in [-0.2, -0.15) is 10.1 Å². The molecule has 0 radical (unpaired) electrons. The Morgan fingerprint density at radius 3 is 2.65 bits per heavy atom. The molecule has 1 aromatic heterocycles. The highest BCUT2D eigenvalue weighted by atomic mass is 16.1. The van der Waals surface area contributed by atoms with Gasteiger partial charge in [-0.15, -0.1) is 0 Å². The Hall–Kier alpha value is -2.43. The Balaban J connectivity index is 2.23. The number of benzene rings is 1. The first-order chi connectivity index (χ1) is 9.62. The Morgan fingerprint density at radius 1 is 1.40 bits per heavy atom. The van der Waals surface area contributed by atoms with Gasteiger partial charge in [0.2, 0.25) is 11.9 Å². The first-order valence-corrected chi connectivity index (χ1v) is 6.55. The van der Waals surface area contributed by atoms with Crippen LogP contribution in [-0.4, -0.2) is 20.7 Å². The Labute approximate surface area is 118 Å². The number of carbonyl (C=O) groups excluding carboxylic acids is 1. The second-order valence-corrected chi connectivity index (χ2v) is 4.49. The van der Waals surface area contributed by atoms with Crippen LogP contribution >= 0.6 is 0 Å². The summed E-state index contributed by atoms with van der Waals surface area (Å²) >= 11 is 0. The van der Waals surface area contributed by atoms with E-state index in [9.17, 15) is 4.79 Å². The smallest absolute Gasteiger partial charge is 0.228 e. The van der Waals surface area contributed by atoms with Gasteiger partial charge in [-0.05, 0) is 11.1 Å². The van der Waals surface area contributed by atoms with Crippen molar-refractivity contribution in [2.45, 2.75) is 26.8 Å². The van der Waals surface area contributed by atoms with Gasteiger partial charge in [0.05, 0.1) is 6.54 Å². The Bertz CT molecular complexity index is 613. The minimum absolute atomic E-state index is 0.150. The lowest BCUT2D eigenvalue weighted by Crippen LogP contribution is -2.13. The Morgan fingerprint density at radius 2 is 2.10 bits per heavy atom. The summed E-state index contributed by atoms with van der Waals surface area (Å²) in [5.41, 5.74) is 2.17. The number of nitrogens with one attached hydrogen (secondary N) is 1. The van der Waals surface area contributed by atoms with Gasteiger partial charge in [0.1, 0.15) is 0 Å². The van der Waals surface area contributed by atoms with Crippen LogP contribution in [0.5, 0.6) is 0 Å². The van der Waals surface area contributed by atoms with E-state index in [1.54, 1.807) is 10.8 Å². The third-order valence-corrected chi connectivity index (χ3v) is 2.87. The maximum absolute atomic E-state index is 11.2. The van der Waals surface area contributed by atoms with Gasteiger partial charge in [-0.1, -0.05) is 43.8 Å². The molecule has 0 atom stereocenters. The highest BCUT2D eigenvalue weighted by Crippen LogP contribution is 2.11. The van der Waals surface area contributed by atoms with E-state index < -0.39 is 0 Å². The summed E-state index contributed by atoms with van der Waals surface area (Å²) in [6.45, 7) is 7.74. The number of hydrogen-bond donors (Lipinski definition) is 1. The molecule has 0 unspecified atom stereocenters. The number of amides is 1. The number of rotatable bonds is 5. The number of aromatic nitrogens is 3. The summed E-state index contributed by atoms with van der Waals surface area (Å²) < 4.78 is 1.71. The van der Waals surface area contributed by atoms with E-state index in [1.807, 2.05) is 31.2 Å². The number of anilines is 1. The van der Waals surface area contributed by atoms with Crippen molar-refractivity contribution in [3.63, 3.8) is 0 Å². The molecule has 0 aliphatic rings. The van der Waals surface area contributed by atoms with Crippen LogP contribution < -0.4 is 5.32 Å². The topological polar surface area (TPSA) is 59.8 Å². The lowest BCUT2D eigenvalue weighted by atomic mass is 10.1. The summed E-state index contributed by atoms with van der Waals surface area (Å²) in [4.78, 5) is 15.5. The minimum Gasteiger partial charge on any atom is -0.295 e. The van der Waals surface area contributed by atoms with Gasteiger partial charge in [-0.25, -0.2) is 4.68 Å². The molecule has 0 aliphatic heterocycles. The van der Waals surface area contributed by atoms with Crippen molar-refractivity contribution in [2.75, 3.05) is 5.32 Å². The van der Waals surface area contributed by atoms with Gasteiger partial charge >= 0.3 is 0 Å². The van der Waals surface area contributed by atoms with Crippen molar-refractivity contribution in [1.82, 2.24) is 14.8 Å². The van der Waals surface area contributed by atoms with E-state index in [0.29, 0.717) is 12.5 Å². The molecule has 2 rings (SSSR count). The molecule has 2 aromatic rings. The molecule has 0 aliphatic carbocycles. The van der Waals surface area contributed by atoms with Crippen molar-refractivity contribution in [3.05, 3.63) is 47.8 Å². The molecule has 5 heteroatoms. The van der Waals surface area contributed by atoms with Gasteiger partial charge in [-0.3, -0.25) is 10.1 Å². The third-order valence-electron chi connectivity index (χ3n) is 2.87. The highest BCUT2D eigenvalue weighted by Gasteiger charge is 2.10. The van der Waals surface area contributed by atoms with E-state index in [1.165, 1.54) is 6.92 Å². The quantitative estimate of drug-likeness (QED) is 0.908. The van der Waals surface area contributed by atoms with Crippen molar-refractivity contribution in [2.24, 2.45) is 0 Å². The summed E-state index contributed by atoms with van der Waals surface area (Å²) in [6, 6.07) is 8.03. The fourth-order valence-corrected chi connectivity index (χ4v) is 1.83. The van der Waals surface area contributed by atoms with Crippen molar-refractivity contribution >= 4 is 17.9 Å². The van der Waals surface area contributed by atoms with E-state index in [-0.39, 0.29) is 5.91 Å². The highest BCUT2D eigenvalue weighted by molar-refractivity contribution is 5.86. The molecule has 104 valence electrons. The molecule has 0 bridgehead atoms. The lowest BCUT2D eigenvalue weighted by molar-refractivity contribution is -0.114. The molecule has 0 spiro atoms. The van der Waals surface area contributed by atoms with Crippen LogP contribution in [0.25, 0.3) is 6.08 Å². The minimum atomic E-state index is -0.150. The van der Waals surface area contributed by atoms with Crippen LogP contribution in [0.15, 0.2) is 30.8 Å². The predicted molar refractivity (Wildman–Crippen MR) is 79.3 cm³/mol. The molecule has 1 N–H and O–H groups in total. The van der Waals surface area contributed by atoms with Crippen LogP contribution in [0.3, 0.4) is 0 Å². The SMILES string of the molecule is C=Cc1ccc(Cn2nc(CC)nc2NC(C)=O)cc1. The van der Waals surface area contributed by atoms with Crippen molar-refractivity contribution in [1.29, 1.82) is 0 Å². The first-order valence-electron chi connectivity index (χ1n) is 6.55. The maximum atomic E-state index is 11.2. The predicted octanol–water partition coefficient (Wildman–Crippen LogP) is 2.49. The second kappa shape index (κ2) is 6.14. The number of carbonyl (C=O) groups is 1. The molecule has 0 saturated heterocycles. The zero-order valence-corrected chi connectivity index (χ0v) is 11.8. The zero-order chi connectivity index (χ0) is 14.5. The molecule has 20 heavy (non-hydrogen) atoms. The van der Waals surface area contributed by atoms with E-state index in [0.717, 1.165) is 23.4 Å². The van der Waals surface area contributed by atoms with Gasteiger partial charge in [0.25, 0.3) is 0 Å².